The zero-order valence-electron chi connectivity index (χ0n) is 14.5. The number of rotatable bonds is 2. The van der Waals surface area contributed by atoms with E-state index >= 15 is 0 Å². The van der Waals surface area contributed by atoms with Crippen LogP contribution in [0.4, 0.5) is 4.79 Å². The second kappa shape index (κ2) is 5.43. The summed E-state index contributed by atoms with van der Waals surface area (Å²) >= 11 is 0. The second-order valence-electron chi connectivity index (χ2n) is 8.48. The summed E-state index contributed by atoms with van der Waals surface area (Å²) in [4.78, 5) is 25.6. The molecule has 1 aliphatic heterocycles. The van der Waals surface area contributed by atoms with Gasteiger partial charge in [0, 0.05) is 12.6 Å². The summed E-state index contributed by atoms with van der Waals surface area (Å²) in [7, 11) is 0. The minimum Gasteiger partial charge on any atom is -0.481 e. The third-order valence-corrected chi connectivity index (χ3v) is 5.23. The third kappa shape index (κ3) is 3.23. The van der Waals surface area contributed by atoms with E-state index in [0.29, 0.717) is 6.54 Å². The second-order valence-corrected chi connectivity index (χ2v) is 8.48. The minimum atomic E-state index is -0.711. The van der Waals surface area contributed by atoms with Gasteiger partial charge in [0.25, 0.3) is 0 Å². The Morgan fingerprint density at radius 1 is 1.23 bits per heavy atom. The molecule has 0 spiro atoms. The van der Waals surface area contributed by atoms with Crippen LogP contribution in [-0.4, -0.2) is 40.3 Å². The molecule has 1 N–H and O–H groups in total. The van der Waals surface area contributed by atoms with Crippen molar-refractivity contribution in [3.63, 3.8) is 0 Å². The predicted octanol–water partition coefficient (Wildman–Crippen LogP) is 3.38. The van der Waals surface area contributed by atoms with Crippen LogP contribution in [0.25, 0.3) is 0 Å². The zero-order valence-corrected chi connectivity index (χ0v) is 14.5. The number of amides is 1. The van der Waals surface area contributed by atoms with Crippen molar-refractivity contribution in [2.45, 2.75) is 66.0 Å². The van der Waals surface area contributed by atoms with Crippen LogP contribution in [0.15, 0.2) is 0 Å². The highest BCUT2D eigenvalue weighted by molar-refractivity contribution is 5.75. The average molecular weight is 311 g/mol. The monoisotopic (exact) mass is 311 g/mol. The Morgan fingerprint density at radius 3 is 2.27 bits per heavy atom. The van der Waals surface area contributed by atoms with Crippen molar-refractivity contribution in [3.8, 4) is 0 Å². The number of carboxylic acids is 1. The molecule has 0 aromatic rings. The first kappa shape index (κ1) is 17.1. The Labute approximate surface area is 133 Å². The van der Waals surface area contributed by atoms with Crippen molar-refractivity contribution in [2.24, 2.45) is 23.2 Å². The Morgan fingerprint density at radius 2 is 1.82 bits per heavy atom. The summed E-state index contributed by atoms with van der Waals surface area (Å²) in [5.74, 6) is -0.592. The highest BCUT2D eigenvalue weighted by Gasteiger charge is 2.65. The molecule has 0 radical (unpaired) electrons. The van der Waals surface area contributed by atoms with Gasteiger partial charge in [-0.05, 0) is 57.8 Å². The lowest BCUT2D eigenvalue weighted by Crippen LogP contribution is -2.48. The van der Waals surface area contributed by atoms with Gasteiger partial charge in [0.2, 0.25) is 0 Å². The lowest BCUT2D eigenvalue weighted by Gasteiger charge is -2.39. The standard InChI is InChI=1S/C17H29NO4/c1-10-7-8-11(12-13(14(19)20)17(12,5)6)9-18(10)15(21)22-16(2,3)4/h10-13H,7-9H2,1-6H3,(H,19,20)/t10-,11?,12+,13-/m1/s1. The number of ether oxygens (including phenoxy) is 1. The number of likely N-dealkylation sites (tertiary alicyclic amines) is 1. The van der Waals surface area contributed by atoms with E-state index in [0.717, 1.165) is 12.8 Å². The zero-order chi connectivity index (χ0) is 16.9. The molecule has 126 valence electrons. The highest BCUT2D eigenvalue weighted by Crippen LogP contribution is 2.63. The summed E-state index contributed by atoms with van der Waals surface area (Å²) in [6.07, 6.45) is 1.61. The molecular weight excluding hydrogens is 282 g/mol. The predicted molar refractivity (Wildman–Crippen MR) is 83.5 cm³/mol. The van der Waals surface area contributed by atoms with Crippen LogP contribution in [-0.2, 0) is 9.53 Å². The molecule has 1 saturated carbocycles. The number of carboxylic acid groups (broad SMARTS) is 1. The number of piperidine rings is 1. The van der Waals surface area contributed by atoms with Crippen LogP contribution in [0.1, 0.15) is 54.4 Å². The van der Waals surface area contributed by atoms with E-state index in [-0.39, 0.29) is 35.3 Å². The van der Waals surface area contributed by atoms with Crippen LogP contribution in [0.3, 0.4) is 0 Å². The van der Waals surface area contributed by atoms with Crippen molar-refractivity contribution in [1.29, 1.82) is 0 Å². The Kier molecular flexibility index (Phi) is 4.22. The molecule has 1 amide bonds. The average Bonchev–Trinajstić information content (AvgIpc) is 2.90. The topological polar surface area (TPSA) is 66.8 Å². The van der Waals surface area contributed by atoms with Gasteiger partial charge in [-0.2, -0.15) is 0 Å². The SMILES string of the molecule is C[C@@H]1CCC([C@H]2[C@H](C(=O)O)C2(C)C)CN1C(=O)OC(C)(C)C. The lowest BCUT2D eigenvalue weighted by molar-refractivity contribution is -0.139. The van der Waals surface area contributed by atoms with E-state index < -0.39 is 11.6 Å². The fourth-order valence-electron chi connectivity index (χ4n) is 4.03. The molecule has 4 atom stereocenters. The lowest BCUT2D eigenvalue weighted by atomic mass is 9.87. The number of aliphatic carboxylic acids is 1. The first-order valence-electron chi connectivity index (χ1n) is 8.17. The molecular formula is C17H29NO4. The number of carbonyl (C=O) groups is 2. The molecule has 1 unspecified atom stereocenters. The van der Waals surface area contributed by atoms with Crippen molar-refractivity contribution in [1.82, 2.24) is 4.90 Å². The van der Waals surface area contributed by atoms with Gasteiger partial charge >= 0.3 is 12.1 Å². The quantitative estimate of drug-likeness (QED) is 0.849. The van der Waals surface area contributed by atoms with Crippen LogP contribution in [0.2, 0.25) is 0 Å². The smallest absolute Gasteiger partial charge is 0.410 e. The van der Waals surface area contributed by atoms with E-state index in [2.05, 4.69) is 0 Å². The maximum atomic E-state index is 12.4. The molecule has 2 aliphatic rings. The van der Waals surface area contributed by atoms with Crippen molar-refractivity contribution in [3.05, 3.63) is 0 Å². The molecule has 1 heterocycles. The van der Waals surface area contributed by atoms with E-state index in [4.69, 9.17) is 4.74 Å². The molecule has 22 heavy (non-hydrogen) atoms. The first-order valence-corrected chi connectivity index (χ1v) is 8.17. The summed E-state index contributed by atoms with van der Waals surface area (Å²) in [5.41, 5.74) is -0.678. The fraction of sp³-hybridized carbons (Fsp3) is 0.882. The van der Waals surface area contributed by atoms with Gasteiger partial charge in [-0.25, -0.2) is 4.79 Å². The van der Waals surface area contributed by atoms with Crippen LogP contribution >= 0.6 is 0 Å². The minimum absolute atomic E-state index is 0.149. The molecule has 5 nitrogen and oxygen atoms in total. The molecule has 0 aromatic carbocycles. The normalized spacial score (nSPS) is 34.2. The molecule has 0 aromatic heterocycles. The van der Waals surface area contributed by atoms with Gasteiger partial charge < -0.3 is 14.7 Å². The van der Waals surface area contributed by atoms with Gasteiger partial charge in [0.1, 0.15) is 5.60 Å². The maximum absolute atomic E-state index is 12.4. The first-order chi connectivity index (χ1) is 9.95. The molecule has 2 fully saturated rings. The Hall–Kier alpha value is -1.26. The number of hydrogen-bond acceptors (Lipinski definition) is 3. The van der Waals surface area contributed by atoms with Crippen LogP contribution in [0, 0.1) is 23.2 Å². The fourth-order valence-corrected chi connectivity index (χ4v) is 4.03. The number of hydrogen-bond donors (Lipinski definition) is 1. The summed E-state index contributed by atoms with van der Waals surface area (Å²) in [6.45, 7) is 12.3. The van der Waals surface area contributed by atoms with Crippen molar-refractivity contribution in [2.75, 3.05) is 6.54 Å². The maximum Gasteiger partial charge on any atom is 0.410 e. The summed E-state index contributed by atoms with van der Waals surface area (Å²) in [6, 6.07) is 0.149. The van der Waals surface area contributed by atoms with Gasteiger partial charge in [0.15, 0.2) is 0 Å². The highest BCUT2D eigenvalue weighted by atomic mass is 16.6. The summed E-state index contributed by atoms with van der Waals surface area (Å²) in [5, 5.41) is 9.36. The summed E-state index contributed by atoms with van der Waals surface area (Å²) < 4.78 is 5.49. The Balaban J connectivity index is 2.06. The van der Waals surface area contributed by atoms with Crippen LogP contribution in [0.5, 0.6) is 0 Å². The Bertz CT molecular complexity index is 466. The molecule has 0 bridgehead atoms. The number of carbonyl (C=O) groups excluding carboxylic acids is 1. The van der Waals surface area contributed by atoms with Crippen molar-refractivity contribution >= 4 is 12.1 Å². The largest absolute Gasteiger partial charge is 0.481 e. The van der Waals surface area contributed by atoms with E-state index in [1.807, 2.05) is 41.5 Å². The van der Waals surface area contributed by atoms with E-state index in [1.54, 1.807) is 4.90 Å². The van der Waals surface area contributed by atoms with Gasteiger partial charge in [0.05, 0.1) is 5.92 Å². The van der Waals surface area contributed by atoms with Crippen molar-refractivity contribution < 1.29 is 19.4 Å². The number of nitrogens with zero attached hydrogens (tertiary/aromatic N) is 1. The third-order valence-electron chi connectivity index (χ3n) is 5.23. The van der Waals surface area contributed by atoms with Gasteiger partial charge in [-0.3, -0.25) is 4.79 Å². The molecule has 5 heteroatoms. The van der Waals surface area contributed by atoms with E-state index in [9.17, 15) is 14.7 Å². The molecule has 1 aliphatic carbocycles. The van der Waals surface area contributed by atoms with Crippen LogP contribution < -0.4 is 0 Å². The molecule has 1 saturated heterocycles. The van der Waals surface area contributed by atoms with E-state index in [1.165, 1.54) is 0 Å². The van der Waals surface area contributed by atoms with Gasteiger partial charge in [-0.1, -0.05) is 13.8 Å². The molecule has 2 rings (SSSR count). The van der Waals surface area contributed by atoms with Gasteiger partial charge in [-0.15, -0.1) is 0 Å².